The maximum atomic E-state index is 11.8. The fraction of sp³-hybridized carbons (Fsp3) is 0.429. The molecule has 1 amide bonds. The first-order valence-electron chi connectivity index (χ1n) is 6.21. The summed E-state index contributed by atoms with van der Waals surface area (Å²) >= 11 is 3.33. The van der Waals surface area contributed by atoms with Gasteiger partial charge in [-0.1, -0.05) is 41.4 Å². The van der Waals surface area contributed by atoms with Crippen molar-refractivity contribution < 1.29 is 14.3 Å². The summed E-state index contributed by atoms with van der Waals surface area (Å²) in [5.41, 5.74) is 0.708. The van der Waals surface area contributed by atoms with E-state index in [1.165, 1.54) is 7.11 Å². The van der Waals surface area contributed by atoms with Crippen molar-refractivity contribution in [1.29, 1.82) is 0 Å². The van der Waals surface area contributed by atoms with Crippen LogP contribution in [0.2, 0.25) is 0 Å². The van der Waals surface area contributed by atoms with E-state index in [0.717, 1.165) is 17.3 Å². The number of esters is 1. The van der Waals surface area contributed by atoms with Crippen LogP contribution >= 0.6 is 15.9 Å². The topological polar surface area (TPSA) is 55.4 Å². The van der Waals surface area contributed by atoms with E-state index >= 15 is 0 Å². The molecule has 104 valence electrons. The second-order valence-electron chi connectivity index (χ2n) is 4.18. The highest BCUT2D eigenvalue weighted by Gasteiger charge is 2.23. The lowest BCUT2D eigenvalue weighted by Gasteiger charge is -2.17. The number of carbonyl (C=O) groups is 2. The third-order valence-corrected chi connectivity index (χ3v) is 3.23. The monoisotopic (exact) mass is 327 g/mol. The summed E-state index contributed by atoms with van der Waals surface area (Å²) in [7, 11) is 1.31. The molecule has 19 heavy (non-hydrogen) atoms. The van der Waals surface area contributed by atoms with Gasteiger partial charge in [0.15, 0.2) is 6.04 Å². The minimum Gasteiger partial charge on any atom is -0.467 e. The SMILES string of the molecule is CCCCC(=O)NC(C(=O)OC)c1ccc(Br)cc1. The molecule has 0 aliphatic rings. The molecule has 1 atom stereocenters. The molecule has 0 saturated heterocycles. The Bertz CT molecular complexity index is 431. The molecule has 4 nitrogen and oxygen atoms in total. The van der Waals surface area contributed by atoms with Gasteiger partial charge in [-0.3, -0.25) is 4.79 Å². The maximum absolute atomic E-state index is 11.8. The quantitative estimate of drug-likeness (QED) is 0.817. The van der Waals surface area contributed by atoms with E-state index < -0.39 is 12.0 Å². The van der Waals surface area contributed by atoms with E-state index in [1.54, 1.807) is 12.1 Å². The van der Waals surface area contributed by atoms with Gasteiger partial charge in [0.05, 0.1) is 7.11 Å². The molecule has 1 unspecified atom stereocenters. The van der Waals surface area contributed by atoms with Crippen LogP contribution in [0, 0.1) is 0 Å². The number of unbranched alkanes of at least 4 members (excludes halogenated alkanes) is 1. The highest BCUT2D eigenvalue weighted by Crippen LogP contribution is 2.18. The Morgan fingerprint density at radius 3 is 2.47 bits per heavy atom. The molecule has 1 aromatic rings. The van der Waals surface area contributed by atoms with Crippen LogP contribution < -0.4 is 5.32 Å². The summed E-state index contributed by atoms with van der Waals surface area (Å²) in [6.45, 7) is 2.01. The van der Waals surface area contributed by atoms with Crippen molar-refractivity contribution >= 4 is 27.8 Å². The van der Waals surface area contributed by atoms with Crippen molar-refractivity contribution in [2.75, 3.05) is 7.11 Å². The molecule has 5 heteroatoms. The zero-order valence-electron chi connectivity index (χ0n) is 11.1. The molecular formula is C14H18BrNO3. The second kappa shape index (κ2) is 7.94. The Labute approximate surface area is 121 Å². The van der Waals surface area contributed by atoms with Crippen molar-refractivity contribution in [2.45, 2.75) is 32.2 Å². The number of amides is 1. The van der Waals surface area contributed by atoms with Crippen molar-refractivity contribution in [3.63, 3.8) is 0 Å². The molecule has 1 rings (SSSR count). The highest BCUT2D eigenvalue weighted by molar-refractivity contribution is 9.10. The van der Waals surface area contributed by atoms with Gasteiger partial charge in [0.2, 0.25) is 5.91 Å². The molecule has 0 aliphatic carbocycles. The molecule has 0 bridgehead atoms. The molecule has 0 spiro atoms. The summed E-state index contributed by atoms with van der Waals surface area (Å²) < 4.78 is 5.65. The van der Waals surface area contributed by atoms with E-state index in [4.69, 9.17) is 4.74 Å². The second-order valence-corrected chi connectivity index (χ2v) is 5.09. The molecule has 0 radical (unpaired) electrons. The number of hydrogen-bond donors (Lipinski definition) is 1. The van der Waals surface area contributed by atoms with E-state index in [9.17, 15) is 9.59 Å². The smallest absolute Gasteiger partial charge is 0.333 e. The predicted octanol–water partition coefficient (Wildman–Crippen LogP) is 2.97. The predicted molar refractivity (Wildman–Crippen MR) is 76.6 cm³/mol. The molecule has 0 heterocycles. The molecule has 0 fully saturated rings. The van der Waals surface area contributed by atoms with Gasteiger partial charge >= 0.3 is 5.97 Å². The largest absolute Gasteiger partial charge is 0.467 e. The third-order valence-electron chi connectivity index (χ3n) is 2.70. The number of halogens is 1. The number of rotatable bonds is 6. The van der Waals surface area contributed by atoms with Crippen LogP contribution in [-0.2, 0) is 14.3 Å². The number of methoxy groups -OCH3 is 1. The van der Waals surface area contributed by atoms with Gasteiger partial charge < -0.3 is 10.1 Å². The van der Waals surface area contributed by atoms with Gasteiger partial charge in [0, 0.05) is 10.9 Å². The minimum absolute atomic E-state index is 0.139. The standard InChI is InChI=1S/C14H18BrNO3/c1-3-4-5-12(17)16-13(14(18)19-2)10-6-8-11(15)9-7-10/h6-9,13H,3-5H2,1-2H3,(H,16,17). The summed E-state index contributed by atoms with van der Waals surface area (Å²) in [4.78, 5) is 23.5. The zero-order chi connectivity index (χ0) is 14.3. The Morgan fingerprint density at radius 2 is 1.95 bits per heavy atom. The Morgan fingerprint density at radius 1 is 1.32 bits per heavy atom. The van der Waals surface area contributed by atoms with Crippen LogP contribution in [0.4, 0.5) is 0 Å². The van der Waals surface area contributed by atoms with E-state index in [0.29, 0.717) is 12.0 Å². The van der Waals surface area contributed by atoms with Gasteiger partial charge in [-0.25, -0.2) is 4.79 Å². The van der Waals surface area contributed by atoms with Crippen molar-refractivity contribution in [3.05, 3.63) is 34.3 Å². The Balaban J connectivity index is 2.80. The van der Waals surface area contributed by atoms with Gasteiger partial charge in [-0.15, -0.1) is 0 Å². The van der Waals surface area contributed by atoms with Crippen LogP contribution in [0.5, 0.6) is 0 Å². The normalized spacial score (nSPS) is 11.7. The highest BCUT2D eigenvalue weighted by atomic mass is 79.9. The molecule has 1 aromatic carbocycles. The van der Waals surface area contributed by atoms with Crippen LogP contribution in [0.3, 0.4) is 0 Å². The number of nitrogens with one attached hydrogen (secondary N) is 1. The van der Waals surface area contributed by atoms with E-state index in [1.807, 2.05) is 19.1 Å². The van der Waals surface area contributed by atoms with Crippen molar-refractivity contribution in [3.8, 4) is 0 Å². The Hall–Kier alpha value is -1.36. The molecule has 0 aromatic heterocycles. The lowest BCUT2D eigenvalue weighted by atomic mass is 10.1. The summed E-state index contributed by atoms with van der Waals surface area (Å²) in [6.07, 6.45) is 2.16. The minimum atomic E-state index is -0.748. The van der Waals surface area contributed by atoms with Crippen LogP contribution in [0.15, 0.2) is 28.7 Å². The van der Waals surface area contributed by atoms with E-state index in [2.05, 4.69) is 21.2 Å². The fourth-order valence-corrected chi connectivity index (χ4v) is 1.89. The number of hydrogen-bond acceptors (Lipinski definition) is 3. The molecular weight excluding hydrogens is 310 g/mol. The van der Waals surface area contributed by atoms with Gasteiger partial charge in [0.1, 0.15) is 0 Å². The van der Waals surface area contributed by atoms with Crippen molar-refractivity contribution in [1.82, 2.24) is 5.32 Å². The Kier molecular flexibility index (Phi) is 6.56. The van der Waals surface area contributed by atoms with E-state index in [-0.39, 0.29) is 5.91 Å². The van der Waals surface area contributed by atoms with Gasteiger partial charge in [0.25, 0.3) is 0 Å². The van der Waals surface area contributed by atoms with Crippen molar-refractivity contribution in [2.24, 2.45) is 0 Å². The van der Waals surface area contributed by atoms with Crippen LogP contribution in [0.1, 0.15) is 37.8 Å². The number of carbonyl (C=O) groups excluding carboxylic acids is 2. The van der Waals surface area contributed by atoms with Gasteiger partial charge in [-0.05, 0) is 24.1 Å². The van der Waals surface area contributed by atoms with Crippen LogP contribution in [-0.4, -0.2) is 19.0 Å². The third kappa shape index (κ3) is 5.03. The fourth-order valence-electron chi connectivity index (χ4n) is 1.62. The molecule has 0 saturated carbocycles. The van der Waals surface area contributed by atoms with Gasteiger partial charge in [-0.2, -0.15) is 0 Å². The first kappa shape index (κ1) is 15.7. The summed E-state index contributed by atoms with van der Waals surface area (Å²) in [5.74, 6) is -0.604. The molecule has 1 N–H and O–H groups in total. The average molecular weight is 328 g/mol. The summed E-state index contributed by atoms with van der Waals surface area (Å²) in [5, 5.41) is 2.71. The zero-order valence-corrected chi connectivity index (χ0v) is 12.7. The molecule has 0 aliphatic heterocycles. The van der Waals surface area contributed by atoms with Crippen LogP contribution in [0.25, 0.3) is 0 Å². The average Bonchev–Trinajstić information content (AvgIpc) is 2.42. The first-order valence-corrected chi connectivity index (χ1v) is 7.00. The maximum Gasteiger partial charge on any atom is 0.333 e. The first-order chi connectivity index (χ1) is 9.08. The lowest BCUT2D eigenvalue weighted by molar-refractivity contribution is -0.145. The summed E-state index contributed by atoms with van der Waals surface area (Å²) in [6, 6.07) is 6.47. The lowest BCUT2D eigenvalue weighted by Crippen LogP contribution is -2.34. The number of benzene rings is 1. The number of ether oxygens (including phenoxy) is 1.